The summed E-state index contributed by atoms with van der Waals surface area (Å²) in [5, 5.41) is 2.80. The summed E-state index contributed by atoms with van der Waals surface area (Å²) in [5.41, 5.74) is 0.865. The molecule has 2 aromatic rings. The van der Waals surface area contributed by atoms with Crippen molar-refractivity contribution in [2.24, 2.45) is 0 Å². The third kappa shape index (κ3) is 4.45. The van der Waals surface area contributed by atoms with Crippen LogP contribution >= 0.6 is 0 Å². The number of rotatable bonds is 7. The Morgan fingerprint density at radius 2 is 1.78 bits per heavy atom. The smallest absolute Gasteiger partial charge is 0.261 e. The molecule has 122 valence electrons. The molecule has 0 saturated carbocycles. The summed E-state index contributed by atoms with van der Waals surface area (Å²) in [6, 6.07) is 13.5. The minimum Gasteiger partial charge on any atom is -0.496 e. The summed E-state index contributed by atoms with van der Waals surface area (Å²) in [4.78, 5) is 12.3. The predicted molar refractivity (Wildman–Crippen MR) is 85.9 cm³/mol. The van der Waals surface area contributed by atoms with Gasteiger partial charge in [-0.25, -0.2) is 4.39 Å². The molecule has 1 N–H and O–H groups in total. The number of methoxy groups -OCH3 is 1. The van der Waals surface area contributed by atoms with Crippen LogP contribution in [0.4, 0.5) is 4.39 Å². The highest BCUT2D eigenvalue weighted by atomic mass is 19.1. The van der Waals surface area contributed by atoms with Crippen molar-refractivity contribution in [2.45, 2.75) is 26.0 Å². The van der Waals surface area contributed by atoms with E-state index in [1.165, 1.54) is 12.1 Å². The first-order valence-electron chi connectivity index (χ1n) is 7.46. The Morgan fingerprint density at radius 3 is 2.43 bits per heavy atom. The maximum atomic E-state index is 13.6. The SMILES string of the molecule is CC[C@@H](Oc1ccccc1F)C(=O)NCc1ccccc1OC. The van der Waals surface area contributed by atoms with Gasteiger partial charge in [-0.2, -0.15) is 0 Å². The summed E-state index contributed by atoms with van der Waals surface area (Å²) in [7, 11) is 1.58. The van der Waals surface area contributed by atoms with E-state index in [0.29, 0.717) is 18.7 Å². The molecule has 5 heteroatoms. The number of ether oxygens (including phenoxy) is 2. The monoisotopic (exact) mass is 317 g/mol. The lowest BCUT2D eigenvalue weighted by Crippen LogP contribution is -2.37. The van der Waals surface area contributed by atoms with Crippen LogP contribution in [0.1, 0.15) is 18.9 Å². The van der Waals surface area contributed by atoms with Crippen LogP contribution in [0.2, 0.25) is 0 Å². The second-order valence-corrected chi connectivity index (χ2v) is 4.97. The number of para-hydroxylation sites is 2. The molecular weight excluding hydrogens is 297 g/mol. The number of carbonyl (C=O) groups is 1. The normalized spacial score (nSPS) is 11.6. The predicted octanol–water partition coefficient (Wildman–Crippen LogP) is 3.31. The molecule has 1 amide bonds. The Hall–Kier alpha value is -2.56. The molecule has 0 heterocycles. The molecule has 2 rings (SSSR count). The second kappa shape index (κ2) is 8.17. The Balaban J connectivity index is 1.99. The fourth-order valence-corrected chi connectivity index (χ4v) is 2.16. The van der Waals surface area contributed by atoms with Crippen LogP contribution in [-0.2, 0) is 11.3 Å². The number of benzene rings is 2. The van der Waals surface area contributed by atoms with E-state index < -0.39 is 11.9 Å². The van der Waals surface area contributed by atoms with Crippen molar-refractivity contribution < 1.29 is 18.7 Å². The molecule has 0 aliphatic rings. The highest BCUT2D eigenvalue weighted by molar-refractivity contribution is 5.81. The first kappa shape index (κ1) is 16.8. The average Bonchev–Trinajstić information content (AvgIpc) is 2.59. The van der Waals surface area contributed by atoms with Gasteiger partial charge < -0.3 is 14.8 Å². The van der Waals surface area contributed by atoms with Gasteiger partial charge in [-0.3, -0.25) is 4.79 Å². The first-order chi connectivity index (χ1) is 11.2. The van der Waals surface area contributed by atoms with Gasteiger partial charge in [0.05, 0.1) is 7.11 Å². The van der Waals surface area contributed by atoms with Crippen molar-refractivity contribution >= 4 is 5.91 Å². The molecule has 0 spiro atoms. The summed E-state index contributed by atoms with van der Waals surface area (Å²) in [6.07, 6.45) is -0.312. The van der Waals surface area contributed by atoms with Crippen molar-refractivity contribution in [3.63, 3.8) is 0 Å². The Labute approximate surface area is 135 Å². The molecule has 0 radical (unpaired) electrons. The third-order valence-electron chi connectivity index (χ3n) is 3.41. The molecule has 2 aromatic carbocycles. The van der Waals surface area contributed by atoms with E-state index in [0.717, 1.165) is 5.56 Å². The molecule has 0 aromatic heterocycles. The zero-order chi connectivity index (χ0) is 16.7. The standard InChI is InChI=1S/C18H20FNO3/c1-3-15(23-17-11-7-5-9-14(17)19)18(21)20-12-13-8-4-6-10-16(13)22-2/h4-11,15H,3,12H2,1-2H3,(H,20,21)/t15-/m1/s1. The van der Waals surface area contributed by atoms with Crippen molar-refractivity contribution in [1.29, 1.82) is 0 Å². The first-order valence-corrected chi connectivity index (χ1v) is 7.46. The number of hydrogen-bond donors (Lipinski definition) is 1. The molecule has 0 unspecified atom stereocenters. The van der Waals surface area contributed by atoms with Gasteiger partial charge in [0.2, 0.25) is 0 Å². The van der Waals surface area contributed by atoms with Gasteiger partial charge in [-0.1, -0.05) is 37.3 Å². The lowest BCUT2D eigenvalue weighted by atomic mass is 10.2. The third-order valence-corrected chi connectivity index (χ3v) is 3.41. The van der Waals surface area contributed by atoms with E-state index in [2.05, 4.69) is 5.32 Å². The van der Waals surface area contributed by atoms with Gasteiger partial charge in [-0.05, 0) is 24.6 Å². The molecule has 4 nitrogen and oxygen atoms in total. The van der Waals surface area contributed by atoms with Crippen molar-refractivity contribution in [3.05, 3.63) is 59.9 Å². The van der Waals surface area contributed by atoms with Crippen LogP contribution in [0.5, 0.6) is 11.5 Å². The summed E-state index contributed by atoms with van der Waals surface area (Å²) in [6.45, 7) is 2.13. The largest absolute Gasteiger partial charge is 0.496 e. The van der Waals surface area contributed by atoms with Gasteiger partial charge in [0, 0.05) is 12.1 Å². The van der Waals surface area contributed by atoms with Gasteiger partial charge in [0.15, 0.2) is 17.7 Å². The molecule has 0 fully saturated rings. The quantitative estimate of drug-likeness (QED) is 0.852. The summed E-state index contributed by atoms with van der Waals surface area (Å²) in [5.74, 6) is 0.00722. The van der Waals surface area contributed by atoms with Gasteiger partial charge in [0.25, 0.3) is 5.91 Å². The minimum atomic E-state index is -0.749. The van der Waals surface area contributed by atoms with Crippen LogP contribution < -0.4 is 14.8 Å². The lowest BCUT2D eigenvalue weighted by molar-refractivity contribution is -0.128. The fourth-order valence-electron chi connectivity index (χ4n) is 2.16. The molecule has 0 saturated heterocycles. The average molecular weight is 317 g/mol. The molecule has 23 heavy (non-hydrogen) atoms. The summed E-state index contributed by atoms with van der Waals surface area (Å²) < 4.78 is 24.4. The van der Waals surface area contributed by atoms with Crippen LogP contribution in [0, 0.1) is 5.82 Å². The van der Waals surface area contributed by atoms with Crippen LogP contribution in [0.3, 0.4) is 0 Å². The number of halogens is 1. The number of nitrogens with one attached hydrogen (secondary N) is 1. The van der Waals surface area contributed by atoms with E-state index >= 15 is 0 Å². The van der Waals surface area contributed by atoms with Gasteiger partial charge >= 0.3 is 0 Å². The maximum Gasteiger partial charge on any atom is 0.261 e. The Morgan fingerprint density at radius 1 is 1.13 bits per heavy atom. The lowest BCUT2D eigenvalue weighted by Gasteiger charge is -2.18. The van der Waals surface area contributed by atoms with Gasteiger partial charge in [0.1, 0.15) is 5.75 Å². The zero-order valence-corrected chi connectivity index (χ0v) is 13.2. The zero-order valence-electron chi connectivity index (χ0n) is 13.2. The van der Waals surface area contributed by atoms with E-state index in [1.54, 1.807) is 19.2 Å². The van der Waals surface area contributed by atoms with Crippen LogP contribution in [-0.4, -0.2) is 19.1 Å². The molecule has 1 atom stereocenters. The van der Waals surface area contributed by atoms with E-state index in [-0.39, 0.29) is 11.7 Å². The number of amides is 1. The van der Waals surface area contributed by atoms with Gasteiger partial charge in [-0.15, -0.1) is 0 Å². The highest BCUT2D eigenvalue weighted by Gasteiger charge is 2.19. The topological polar surface area (TPSA) is 47.6 Å². The van der Waals surface area contributed by atoms with Crippen LogP contribution in [0.25, 0.3) is 0 Å². The number of hydrogen-bond acceptors (Lipinski definition) is 3. The number of carbonyl (C=O) groups excluding carboxylic acids is 1. The Kier molecular flexibility index (Phi) is 5.97. The molecule has 0 aliphatic heterocycles. The molecule has 0 aliphatic carbocycles. The Bertz CT molecular complexity index is 660. The summed E-state index contributed by atoms with van der Waals surface area (Å²) >= 11 is 0. The van der Waals surface area contributed by atoms with Crippen molar-refractivity contribution in [3.8, 4) is 11.5 Å². The van der Waals surface area contributed by atoms with E-state index in [4.69, 9.17) is 9.47 Å². The van der Waals surface area contributed by atoms with Crippen LogP contribution in [0.15, 0.2) is 48.5 Å². The van der Waals surface area contributed by atoms with E-state index in [1.807, 2.05) is 31.2 Å². The fraction of sp³-hybridized carbons (Fsp3) is 0.278. The molecular formula is C18H20FNO3. The van der Waals surface area contributed by atoms with Crippen molar-refractivity contribution in [2.75, 3.05) is 7.11 Å². The minimum absolute atomic E-state index is 0.0757. The maximum absolute atomic E-state index is 13.6. The van der Waals surface area contributed by atoms with E-state index in [9.17, 15) is 9.18 Å². The highest BCUT2D eigenvalue weighted by Crippen LogP contribution is 2.19. The molecule has 0 bridgehead atoms. The van der Waals surface area contributed by atoms with Crippen molar-refractivity contribution in [1.82, 2.24) is 5.32 Å². The second-order valence-electron chi connectivity index (χ2n) is 4.97.